The number of rotatable bonds is 17. The minimum Gasteiger partial charge on any atom is -0.394 e. The molecule has 0 unspecified atom stereocenters. The summed E-state index contributed by atoms with van der Waals surface area (Å²) in [7, 11) is 0. The molecule has 2 aromatic rings. The largest absolute Gasteiger partial charge is 0.394 e. The molecule has 4 N–H and O–H groups in total. The standard InChI is InChI=1S/C24H33N5O6S/c1-17-16-19(29(6-10-33-12-8-30)7-11-34-14-15-35-13-9-31)4-5-20(17)27-28-24-21(26-3)18(2)22(36-24)23(25)32/h4-5,16,30-31H,6-15H2,1-2H3,(H2,25,32). The highest BCUT2D eigenvalue weighted by molar-refractivity contribution is 7.18. The van der Waals surface area contributed by atoms with E-state index >= 15 is 0 Å². The fourth-order valence-corrected chi connectivity index (χ4v) is 4.17. The van der Waals surface area contributed by atoms with Gasteiger partial charge in [-0.3, -0.25) is 4.79 Å². The highest BCUT2D eigenvalue weighted by Gasteiger charge is 2.18. The Morgan fingerprint density at radius 3 is 2.19 bits per heavy atom. The van der Waals surface area contributed by atoms with Gasteiger partial charge in [0.25, 0.3) is 5.91 Å². The lowest BCUT2D eigenvalue weighted by atomic mass is 10.1. The van der Waals surface area contributed by atoms with Crippen molar-refractivity contribution in [2.75, 3.05) is 70.8 Å². The van der Waals surface area contributed by atoms with Crippen LogP contribution >= 0.6 is 11.3 Å². The molecule has 0 atom stereocenters. The number of aliphatic hydroxyl groups is 2. The lowest BCUT2D eigenvalue weighted by Gasteiger charge is -2.25. The monoisotopic (exact) mass is 519 g/mol. The molecule has 0 saturated carbocycles. The van der Waals surface area contributed by atoms with Gasteiger partial charge >= 0.3 is 0 Å². The van der Waals surface area contributed by atoms with E-state index in [0.29, 0.717) is 60.6 Å². The topological polar surface area (TPSA) is 144 Å². The average molecular weight is 520 g/mol. The number of anilines is 1. The number of nitrogens with zero attached hydrogens (tertiary/aromatic N) is 4. The van der Waals surface area contributed by atoms with E-state index in [0.717, 1.165) is 22.6 Å². The molecule has 1 amide bonds. The van der Waals surface area contributed by atoms with Gasteiger partial charge in [0.1, 0.15) is 5.00 Å². The first-order valence-electron chi connectivity index (χ1n) is 11.5. The van der Waals surface area contributed by atoms with Crippen molar-refractivity contribution < 1.29 is 29.2 Å². The number of carbonyl (C=O) groups is 1. The summed E-state index contributed by atoms with van der Waals surface area (Å²) in [6, 6.07) is 5.74. The first kappa shape index (κ1) is 29.3. The Morgan fingerprint density at radius 2 is 1.64 bits per heavy atom. The molecular formula is C24H33N5O6S. The van der Waals surface area contributed by atoms with Crippen LogP contribution in [-0.4, -0.2) is 82.1 Å². The molecule has 1 aromatic carbocycles. The molecule has 0 saturated heterocycles. The van der Waals surface area contributed by atoms with Crippen LogP contribution in [0.25, 0.3) is 4.85 Å². The summed E-state index contributed by atoms with van der Waals surface area (Å²) in [5.74, 6) is -0.589. The normalized spacial score (nSPS) is 11.2. The maximum atomic E-state index is 11.6. The number of thiophene rings is 1. The zero-order valence-corrected chi connectivity index (χ0v) is 21.4. The van der Waals surface area contributed by atoms with E-state index < -0.39 is 5.91 Å². The molecular weight excluding hydrogens is 486 g/mol. The van der Waals surface area contributed by atoms with Crippen LogP contribution in [0, 0.1) is 20.4 Å². The number of carbonyl (C=O) groups excluding carboxylic acids is 1. The van der Waals surface area contributed by atoms with Crippen molar-refractivity contribution in [3.8, 4) is 0 Å². The third-order valence-corrected chi connectivity index (χ3v) is 6.26. The van der Waals surface area contributed by atoms with Crippen LogP contribution in [0.1, 0.15) is 20.8 Å². The van der Waals surface area contributed by atoms with Gasteiger partial charge < -0.3 is 35.1 Å². The summed E-state index contributed by atoms with van der Waals surface area (Å²) in [6.45, 7) is 14.5. The first-order chi connectivity index (χ1) is 17.4. The van der Waals surface area contributed by atoms with Crippen molar-refractivity contribution in [2.45, 2.75) is 13.8 Å². The predicted molar refractivity (Wildman–Crippen MR) is 138 cm³/mol. The van der Waals surface area contributed by atoms with Crippen LogP contribution < -0.4 is 10.6 Å². The summed E-state index contributed by atoms with van der Waals surface area (Å²) in [5, 5.41) is 26.6. The van der Waals surface area contributed by atoms with Gasteiger partial charge in [-0.15, -0.1) is 11.3 Å². The number of ether oxygens (including phenoxy) is 3. The molecule has 0 fully saturated rings. The molecule has 1 aromatic heterocycles. The number of hydrogen-bond donors (Lipinski definition) is 3. The van der Waals surface area contributed by atoms with Crippen molar-refractivity contribution in [2.24, 2.45) is 16.0 Å². The number of nitrogens with two attached hydrogens (primary N) is 1. The van der Waals surface area contributed by atoms with Crippen molar-refractivity contribution >= 4 is 39.3 Å². The molecule has 0 aliphatic rings. The Bertz CT molecular complexity index is 1050. The average Bonchev–Trinajstić information content (AvgIpc) is 3.19. The SMILES string of the molecule is [C-]#[N+]c1c(N=Nc2ccc(N(CCOCCO)CCOCCOCCO)cc2C)sc(C(N)=O)c1C. The molecule has 0 radical (unpaired) electrons. The van der Waals surface area contributed by atoms with Gasteiger partial charge in [0.15, 0.2) is 0 Å². The Kier molecular flexibility index (Phi) is 13.0. The zero-order valence-electron chi connectivity index (χ0n) is 20.6. The summed E-state index contributed by atoms with van der Waals surface area (Å²) in [4.78, 5) is 17.5. The lowest BCUT2D eigenvalue weighted by Crippen LogP contribution is -2.31. The van der Waals surface area contributed by atoms with Gasteiger partial charge in [-0.1, -0.05) is 0 Å². The summed E-state index contributed by atoms with van der Waals surface area (Å²) in [6.07, 6.45) is 0. The number of primary amides is 1. The molecule has 2 rings (SSSR count). The van der Waals surface area contributed by atoms with Crippen molar-refractivity contribution in [1.82, 2.24) is 0 Å². The third-order valence-electron chi connectivity index (χ3n) is 5.08. The van der Waals surface area contributed by atoms with Gasteiger partial charge in [0.2, 0.25) is 5.69 Å². The van der Waals surface area contributed by atoms with Crippen molar-refractivity contribution in [1.29, 1.82) is 0 Å². The Balaban J connectivity index is 2.10. The molecule has 0 spiro atoms. The predicted octanol–water partition coefficient (Wildman–Crippen LogP) is 3.27. The maximum Gasteiger partial charge on any atom is 0.257 e. The van der Waals surface area contributed by atoms with E-state index in [9.17, 15) is 4.79 Å². The number of amides is 1. The number of aryl methyl sites for hydroxylation is 1. The fraction of sp³-hybridized carbons (Fsp3) is 0.500. The van der Waals surface area contributed by atoms with E-state index in [4.69, 9.17) is 36.7 Å². The highest BCUT2D eigenvalue weighted by Crippen LogP contribution is 2.42. The van der Waals surface area contributed by atoms with Gasteiger partial charge in [-0.2, -0.15) is 10.2 Å². The second kappa shape index (κ2) is 15.9. The van der Waals surface area contributed by atoms with Gasteiger partial charge in [-0.05, 0) is 43.2 Å². The van der Waals surface area contributed by atoms with Crippen LogP contribution in [0.4, 0.5) is 22.1 Å². The third kappa shape index (κ3) is 8.94. The van der Waals surface area contributed by atoms with Crippen LogP contribution in [0.5, 0.6) is 0 Å². The first-order valence-corrected chi connectivity index (χ1v) is 12.3. The molecule has 196 valence electrons. The second-order valence-corrected chi connectivity index (χ2v) is 8.63. The second-order valence-electron chi connectivity index (χ2n) is 7.63. The molecule has 0 aliphatic heterocycles. The molecule has 12 heteroatoms. The Hall–Kier alpha value is -2.92. The van der Waals surface area contributed by atoms with Crippen LogP contribution in [-0.2, 0) is 14.2 Å². The van der Waals surface area contributed by atoms with Crippen molar-refractivity contribution in [3.05, 3.63) is 45.6 Å². The molecule has 0 aliphatic carbocycles. The summed E-state index contributed by atoms with van der Waals surface area (Å²) in [5.41, 5.74) is 8.66. The quantitative estimate of drug-likeness (QED) is 0.165. The molecule has 0 bridgehead atoms. The number of benzene rings is 1. The van der Waals surface area contributed by atoms with Crippen LogP contribution in [0.3, 0.4) is 0 Å². The van der Waals surface area contributed by atoms with Gasteiger partial charge in [0, 0.05) is 18.8 Å². The summed E-state index contributed by atoms with van der Waals surface area (Å²) < 4.78 is 16.3. The fourth-order valence-electron chi connectivity index (χ4n) is 3.24. The van der Waals surface area contributed by atoms with E-state index in [1.807, 2.05) is 25.1 Å². The zero-order chi connectivity index (χ0) is 26.3. The molecule has 36 heavy (non-hydrogen) atoms. The number of hydrogen-bond acceptors (Lipinski definition) is 10. The molecule has 11 nitrogen and oxygen atoms in total. The van der Waals surface area contributed by atoms with Gasteiger partial charge in [-0.25, -0.2) is 4.85 Å². The Labute approximate surface area is 214 Å². The van der Waals surface area contributed by atoms with Crippen molar-refractivity contribution in [3.63, 3.8) is 0 Å². The highest BCUT2D eigenvalue weighted by atomic mass is 32.1. The minimum atomic E-state index is -0.589. The minimum absolute atomic E-state index is 0.0152. The maximum absolute atomic E-state index is 11.6. The smallest absolute Gasteiger partial charge is 0.257 e. The van der Waals surface area contributed by atoms with Crippen LogP contribution in [0.15, 0.2) is 28.4 Å². The Morgan fingerprint density at radius 1 is 1.03 bits per heavy atom. The number of azo groups is 1. The van der Waals surface area contributed by atoms with E-state index in [1.165, 1.54) is 0 Å². The van der Waals surface area contributed by atoms with E-state index in [2.05, 4.69) is 20.0 Å². The molecule has 1 heterocycles. The summed E-state index contributed by atoms with van der Waals surface area (Å²) >= 11 is 1.06. The number of aliphatic hydroxyl groups excluding tert-OH is 2. The van der Waals surface area contributed by atoms with Gasteiger partial charge in [0.05, 0.1) is 70.0 Å². The lowest BCUT2D eigenvalue weighted by molar-refractivity contribution is 0.0347. The van der Waals surface area contributed by atoms with E-state index in [-0.39, 0.29) is 32.1 Å². The van der Waals surface area contributed by atoms with E-state index in [1.54, 1.807) is 6.92 Å². The van der Waals surface area contributed by atoms with Crippen LogP contribution in [0.2, 0.25) is 0 Å².